The van der Waals surface area contributed by atoms with Crippen molar-refractivity contribution in [2.75, 3.05) is 18.5 Å². The molecule has 3 heteroatoms. The molecule has 3 nitrogen and oxygen atoms in total. The summed E-state index contributed by atoms with van der Waals surface area (Å²) in [6.45, 7) is 2.37. The molecule has 0 spiro atoms. The Kier molecular flexibility index (Phi) is 3.05. The van der Waals surface area contributed by atoms with E-state index in [1.165, 1.54) is 0 Å². The molecule has 0 amide bonds. The van der Waals surface area contributed by atoms with E-state index in [0.717, 1.165) is 5.82 Å². The Morgan fingerprint density at radius 2 is 2.33 bits per heavy atom. The van der Waals surface area contributed by atoms with E-state index in [1.807, 2.05) is 30.1 Å². The third-order valence-corrected chi connectivity index (χ3v) is 1.58. The summed E-state index contributed by atoms with van der Waals surface area (Å²) in [5.74, 6) is 0.887. The molecule has 0 aliphatic carbocycles. The van der Waals surface area contributed by atoms with Gasteiger partial charge in [-0.1, -0.05) is 6.07 Å². The number of aliphatic hydroxyl groups excluding tert-OH is 1. The van der Waals surface area contributed by atoms with Crippen LogP contribution in [0.5, 0.6) is 0 Å². The highest BCUT2D eigenvalue weighted by Crippen LogP contribution is 2.06. The molecule has 1 unspecified atom stereocenters. The second-order valence-corrected chi connectivity index (χ2v) is 2.92. The van der Waals surface area contributed by atoms with Crippen molar-refractivity contribution in [3.63, 3.8) is 0 Å². The van der Waals surface area contributed by atoms with E-state index in [2.05, 4.69) is 4.98 Å². The first kappa shape index (κ1) is 9.00. The lowest BCUT2D eigenvalue weighted by Gasteiger charge is -2.19. The number of anilines is 1. The summed E-state index contributed by atoms with van der Waals surface area (Å²) in [5.41, 5.74) is 0. The molecule has 0 bridgehead atoms. The normalized spacial score (nSPS) is 12.6. The lowest BCUT2D eigenvalue weighted by Crippen LogP contribution is -2.27. The van der Waals surface area contributed by atoms with Crippen LogP contribution >= 0.6 is 0 Å². The van der Waals surface area contributed by atoms with Gasteiger partial charge in [0.15, 0.2) is 0 Å². The summed E-state index contributed by atoms with van der Waals surface area (Å²) in [7, 11) is 1.91. The predicted molar refractivity (Wildman–Crippen MR) is 49.2 cm³/mol. The summed E-state index contributed by atoms with van der Waals surface area (Å²) < 4.78 is 0. The maximum Gasteiger partial charge on any atom is 0.128 e. The third-order valence-electron chi connectivity index (χ3n) is 1.58. The summed E-state index contributed by atoms with van der Waals surface area (Å²) in [4.78, 5) is 6.07. The zero-order valence-electron chi connectivity index (χ0n) is 7.44. The molecule has 0 aromatic carbocycles. The van der Waals surface area contributed by atoms with Crippen molar-refractivity contribution >= 4 is 5.82 Å². The third kappa shape index (κ3) is 2.51. The average molecular weight is 166 g/mol. The molecule has 1 heterocycles. The van der Waals surface area contributed by atoms with Crippen molar-refractivity contribution in [2.45, 2.75) is 13.0 Å². The van der Waals surface area contributed by atoms with E-state index in [0.29, 0.717) is 6.54 Å². The van der Waals surface area contributed by atoms with Crippen molar-refractivity contribution in [2.24, 2.45) is 0 Å². The summed E-state index contributed by atoms with van der Waals surface area (Å²) in [5, 5.41) is 9.11. The topological polar surface area (TPSA) is 36.4 Å². The fourth-order valence-electron chi connectivity index (χ4n) is 1.07. The molecule has 1 aromatic heterocycles. The number of hydrogen-bond donors (Lipinski definition) is 1. The highest BCUT2D eigenvalue weighted by atomic mass is 16.3. The van der Waals surface area contributed by atoms with Crippen LogP contribution in [-0.4, -0.2) is 29.8 Å². The first-order valence-electron chi connectivity index (χ1n) is 4.00. The maximum atomic E-state index is 9.11. The molecule has 0 aliphatic heterocycles. The SMILES string of the molecule is CC(O)CN(C)c1ccccn1. The molecule has 0 saturated heterocycles. The smallest absolute Gasteiger partial charge is 0.128 e. The number of rotatable bonds is 3. The van der Waals surface area contributed by atoms with E-state index in [4.69, 9.17) is 5.11 Å². The molecule has 1 atom stereocenters. The molecule has 1 rings (SSSR count). The van der Waals surface area contributed by atoms with Crippen molar-refractivity contribution in [3.8, 4) is 0 Å². The Morgan fingerprint density at radius 1 is 1.58 bits per heavy atom. The predicted octanol–water partition coefficient (Wildman–Crippen LogP) is 0.899. The zero-order valence-corrected chi connectivity index (χ0v) is 7.44. The quantitative estimate of drug-likeness (QED) is 0.724. The first-order valence-corrected chi connectivity index (χ1v) is 4.00. The Balaban J connectivity index is 2.59. The number of aliphatic hydroxyl groups is 1. The van der Waals surface area contributed by atoms with E-state index >= 15 is 0 Å². The maximum absolute atomic E-state index is 9.11. The van der Waals surface area contributed by atoms with E-state index in [1.54, 1.807) is 13.1 Å². The number of hydrogen-bond acceptors (Lipinski definition) is 3. The zero-order chi connectivity index (χ0) is 8.97. The van der Waals surface area contributed by atoms with Gasteiger partial charge < -0.3 is 10.0 Å². The van der Waals surface area contributed by atoms with Crippen LogP contribution in [0.3, 0.4) is 0 Å². The molecule has 0 fully saturated rings. The molecule has 0 radical (unpaired) electrons. The standard InChI is InChI=1S/C9H14N2O/c1-8(12)7-11(2)9-5-3-4-6-10-9/h3-6,8,12H,7H2,1-2H3. The lowest BCUT2D eigenvalue weighted by molar-refractivity contribution is 0.201. The van der Waals surface area contributed by atoms with Crippen LogP contribution in [0.1, 0.15) is 6.92 Å². The molecule has 12 heavy (non-hydrogen) atoms. The van der Waals surface area contributed by atoms with Crippen LogP contribution in [-0.2, 0) is 0 Å². The Morgan fingerprint density at radius 3 is 2.83 bits per heavy atom. The highest BCUT2D eigenvalue weighted by molar-refractivity contribution is 5.36. The van der Waals surface area contributed by atoms with Crippen molar-refractivity contribution in [1.29, 1.82) is 0 Å². The van der Waals surface area contributed by atoms with Gasteiger partial charge in [0.05, 0.1) is 6.10 Å². The lowest BCUT2D eigenvalue weighted by atomic mass is 10.3. The van der Waals surface area contributed by atoms with Gasteiger partial charge in [0.1, 0.15) is 5.82 Å². The Hall–Kier alpha value is -1.09. The van der Waals surface area contributed by atoms with Crippen LogP contribution < -0.4 is 4.90 Å². The van der Waals surface area contributed by atoms with Crippen molar-refractivity contribution < 1.29 is 5.11 Å². The van der Waals surface area contributed by atoms with Crippen LogP contribution in [0.15, 0.2) is 24.4 Å². The van der Waals surface area contributed by atoms with E-state index in [9.17, 15) is 0 Å². The van der Waals surface area contributed by atoms with Gasteiger partial charge in [-0.05, 0) is 19.1 Å². The summed E-state index contributed by atoms with van der Waals surface area (Å²) >= 11 is 0. The second-order valence-electron chi connectivity index (χ2n) is 2.92. The van der Waals surface area contributed by atoms with Crippen LogP contribution in [0, 0.1) is 0 Å². The molecule has 0 aliphatic rings. The largest absolute Gasteiger partial charge is 0.392 e. The van der Waals surface area contributed by atoms with E-state index in [-0.39, 0.29) is 6.10 Å². The van der Waals surface area contributed by atoms with Crippen molar-refractivity contribution in [3.05, 3.63) is 24.4 Å². The van der Waals surface area contributed by atoms with Gasteiger partial charge in [-0.3, -0.25) is 0 Å². The minimum atomic E-state index is -0.322. The summed E-state index contributed by atoms with van der Waals surface area (Å²) in [6, 6.07) is 5.73. The van der Waals surface area contributed by atoms with Crippen molar-refractivity contribution in [1.82, 2.24) is 4.98 Å². The molecular weight excluding hydrogens is 152 g/mol. The number of pyridine rings is 1. The minimum absolute atomic E-state index is 0.322. The van der Waals surface area contributed by atoms with Gasteiger partial charge in [-0.2, -0.15) is 0 Å². The highest BCUT2D eigenvalue weighted by Gasteiger charge is 2.03. The molecule has 1 aromatic rings. The number of nitrogens with zero attached hydrogens (tertiary/aromatic N) is 2. The molecule has 0 saturated carbocycles. The first-order chi connectivity index (χ1) is 5.70. The fourth-order valence-corrected chi connectivity index (χ4v) is 1.07. The van der Waals surface area contributed by atoms with Gasteiger partial charge in [-0.25, -0.2) is 4.98 Å². The Labute approximate surface area is 72.7 Å². The van der Waals surface area contributed by atoms with E-state index < -0.39 is 0 Å². The summed E-state index contributed by atoms with van der Waals surface area (Å²) in [6.07, 6.45) is 1.42. The van der Waals surface area contributed by atoms with Gasteiger partial charge in [-0.15, -0.1) is 0 Å². The molecular formula is C9H14N2O. The number of aromatic nitrogens is 1. The monoisotopic (exact) mass is 166 g/mol. The number of likely N-dealkylation sites (N-methyl/N-ethyl adjacent to an activating group) is 1. The van der Waals surface area contributed by atoms with Crippen LogP contribution in [0.25, 0.3) is 0 Å². The van der Waals surface area contributed by atoms with Crippen LogP contribution in [0.4, 0.5) is 5.82 Å². The van der Waals surface area contributed by atoms with Gasteiger partial charge >= 0.3 is 0 Å². The van der Waals surface area contributed by atoms with Gasteiger partial charge in [0, 0.05) is 19.8 Å². The fraction of sp³-hybridized carbons (Fsp3) is 0.444. The van der Waals surface area contributed by atoms with Gasteiger partial charge in [0.25, 0.3) is 0 Å². The Bertz CT molecular complexity index is 223. The molecule has 1 N–H and O–H groups in total. The average Bonchev–Trinajstić information content (AvgIpc) is 2.05. The molecule has 66 valence electrons. The van der Waals surface area contributed by atoms with Gasteiger partial charge in [0.2, 0.25) is 0 Å². The second kappa shape index (κ2) is 4.07. The minimum Gasteiger partial charge on any atom is -0.392 e. The van der Waals surface area contributed by atoms with Crippen LogP contribution in [0.2, 0.25) is 0 Å².